The lowest BCUT2D eigenvalue weighted by atomic mass is 10.1. The maximum Gasteiger partial charge on any atom is 0.408 e. The Hall–Kier alpha value is -4.78. The van der Waals surface area contributed by atoms with Crippen molar-refractivity contribution < 1.29 is 42.6 Å². The van der Waals surface area contributed by atoms with Gasteiger partial charge in [0, 0.05) is 12.0 Å². The first-order valence-corrected chi connectivity index (χ1v) is 15.4. The van der Waals surface area contributed by atoms with Crippen LogP contribution in [0.4, 0.5) is 14.9 Å². The highest BCUT2D eigenvalue weighted by molar-refractivity contribution is 7.53. The SMILES string of the molecule is CC(C)C(NC(=O)C(Cc1ccccc1)NC(=O)OCc1ccccc1)P(=O)(O)OC(C(=O)O)c1cccc(N=C(N)N)c1F. The van der Waals surface area contributed by atoms with Gasteiger partial charge in [-0.15, -0.1) is 0 Å². The minimum atomic E-state index is -5.07. The molecule has 0 bridgehead atoms. The van der Waals surface area contributed by atoms with Gasteiger partial charge in [0.25, 0.3) is 0 Å². The van der Waals surface area contributed by atoms with Crippen LogP contribution in [-0.4, -0.2) is 45.8 Å². The first-order chi connectivity index (χ1) is 21.3. The number of nitrogens with two attached hydrogens (primary N) is 2. The number of nitrogens with zero attached hydrogens (tertiary/aromatic N) is 1. The molecule has 0 aliphatic carbocycles. The minimum Gasteiger partial charge on any atom is -0.479 e. The molecular formula is C30H35FN5O8P. The number of nitrogens with one attached hydrogen (secondary N) is 2. The Labute approximate surface area is 259 Å². The average Bonchev–Trinajstić information content (AvgIpc) is 2.99. The summed E-state index contributed by atoms with van der Waals surface area (Å²) in [5, 5.41) is 14.7. The number of carboxylic acid groups (broad SMARTS) is 1. The number of hydrogen-bond acceptors (Lipinski definition) is 7. The number of carbonyl (C=O) groups is 3. The van der Waals surface area contributed by atoms with Crippen molar-refractivity contribution in [3.8, 4) is 0 Å². The van der Waals surface area contributed by atoms with Crippen LogP contribution >= 0.6 is 7.60 Å². The Morgan fingerprint density at radius 2 is 1.53 bits per heavy atom. The number of alkyl carbamates (subject to hydrolysis) is 1. The van der Waals surface area contributed by atoms with Crippen molar-refractivity contribution >= 4 is 37.2 Å². The molecule has 3 aromatic rings. The van der Waals surface area contributed by atoms with Crippen molar-refractivity contribution in [2.45, 2.75) is 44.8 Å². The summed E-state index contributed by atoms with van der Waals surface area (Å²) in [5.41, 5.74) is 10.9. The topological polar surface area (TPSA) is 216 Å². The smallest absolute Gasteiger partial charge is 0.408 e. The molecule has 3 rings (SSSR count). The van der Waals surface area contributed by atoms with Crippen LogP contribution in [0.1, 0.15) is 36.6 Å². The number of halogens is 1. The van der Waals surface area contributed by atoms with Gasteiger partial charge in [-0.05, 0) is 23.1 Å². The zero-order chi connectivity index (χ0) is 33.1. The van der Waals surface area contributed by atoms with Gasteiger partial charge in [0.1, 0.15) is 24.1 Å². The monoisotopic (exact) mass is 643 g/mol. The molecule has 0 aromatic heterocycles. The van der Waals surface area contributed by atoms with Gasteiger partial charge < -0.3 is 36.8 Å². The molecule has 15 heteroatoms. The second-order valence-electron chi connectivity index (χ2n) is 10.3. The van der Waals surface area contributed by atoms with Crippen LogP contribution in [0.2, 0.25) is 0 Å². The van der Waals surface area contributed by atoms with E-state index in [9.17, 15) is 28.9 Å². The molecular weight excluding hydrogens is 608 g/mol. The van der Waals surface area contributed by atoms with Crippen LogP contribution in [0.3, 0.4) is 0 Å². The fourth-order valence-corrected chi connectivity index (χ4v) is 5.93. The van der Waals surface area contributed by atoms with Crippen LogP contribution in [0.15, 0.2) is 83.9 Å². The molecule has 2 amide bonds. The molecule has 0 saturated heterocycles. The maximum atomic E-state index is 15.1. The summed E-state index contributed by atoms with van der Waals surface area (Å²) in [6.07, 6.45) is -3.21. The highest BCUT2D eigenvalue weighted by Crippen LogP contribution is 2.53. The summed E-state index contributed by atoms with van der Waals surface area (Å²) in [7, 11) is -5.07. The lowest BCUT2D eigenvalue weighted by Gasteiger charge is -2.30. The van der Waals surface area contributed by atoms with E-state index in [0.717, 1.165) is 12.1 Å². The van der Waals surface area contributed by atoms with Crippen molar-refractivity contribution in [2.24, 2.45) is 22.4 Å². The molecule has 4 atom stereocenters. The molecule has 0 aliphatic heterocycles. The number of aliphatic carboxylic acids is 1. The third kappa shape index (κ3) is 10.1. The van der Waals surface area contributed by atoms with Crippen molar-refractivity contribution in [1.82, 2.24) is 10.6 Å². The number of carboxylic acids is 1. The maximum absolute atomic E-state index is 15.1. The standard InChI is InChI=1S/C30H35FN5O8P/c1-18(2)27(45(41,42)44-25(28(38)39)21-14-9-15-22(24(21)31)34-29(32)33)36-26(37)23(16-19-10-5-3-6-11-19)35-30(40)43-17-20-12-7-4-8-13-20/h3-15,18,23,25,27H,16-17H2,1-2H3,(H,35,40)(H,36,37)(H,38,39)(H,41,42)(H4,32,33,34). The van der Waals surface area contributed by atoms with Gasteiger partial charge in [-0.1, -0.05) is 86.6 Å². The predicted molar refractivity (Wildman–Crippen MR) is 164 cm³/mol. The molecule has 0 radical (unpaired) electrons. The molecule has 3 aromatic carbocycles. The number of hydrogen-bond donors (Lipinski definition) is 6. The van der Waals surface area contributed by atoms with E-state index in [1.165, 1.54) is 19.9 Å². The lowest BCUT2D eigenvalue weighted by molar-refractivity contribution is -0.146. The second-order valence-corrected chi connectivity index (χ2v) is 12.1. The summed E-state index contributed by atoms with van der Waals surface area (Å²) < 4.78 is 39.1. The molecule has 0 fully saturated rings. The molecule has 0 spiro atoms. The number of aliphatic imine (C=N–C) groups is 1. The zero-order valence-electron chi connectivity index (χ0n) is 24.5. The van der Waals surface area contributed by atoms with Gasteiger partial charge in [-0.2, -0.15) is 0 Å². The summed E-state index contributed by atoms with van der Waals surface area (Å²) in [5.74, 6) is -6.82. The molecule has 13 nitrogen and oxygen atoms in total. The number of guanidine groups is 1. The average molecular weight is 644 g/mol. The Kier molecular flexibility index (Phi) is 12.2. The molecule has 0 saturated carbocycles. The van der Waals surface area contributed by atoms with Crippen LogP contribution in [0.5, 0.6) is 0 Å². The van der Waals surface area contributed by atoms with E-state index in [2.05, 4.69) is 15.6 Å². The summed E-state index contributed by atoms with van der Waals surface area (Å²) in [6.45, 7) is 2.90. The van der Waals surface area contributed by atoms with E-state index in [4.69, 9.17) is 20.7 Å². The molecule has 0 heterocycles. The van der Waals surface area contributed by atoms with Crippen LogP contribution in [0.25, 0.3) is 0 Å². The van der Waals surface area contributed by atoms with Crippen molar-refractivity contribution in [1.29, 1.82) is 0 Å². The van der Waals surface area contributed by atoms with Crippen LogP contribution in [0, 0.1) is 11.7 Å². The number of benzene rings is 3. The van der Waals surface area contributed by atoms with E-state index < -0.39 is 72.4 Å². The second kappa shape index (κ2) is 15.8. The van der Waals surface area contributed by atoms with Gasteiger partial charge in [-0.25, -0.2) is 19.0 Å². The summed E-state index contributed by atoms with van der Waals surface area (Å²) >= 11 is 0. The Morgan fingerprint density at radius 3 is 2.09 bits per heavy atom. The summed E-state index contributed by atoms with van der Waals surface area (Å²) in [4.78, 5) is 52.9. The predicted octanol–water partition coefficient (Wildman–Crippen LogP) is 3.69. The van der Waals surface area contributed by atoms with Gasteiger partial charge >= 0.3 is 19.7 Å². The number of amides is 2. The van der Waals surface area contributed by atoms with Crippen molar-refractivity contribution in [3.63, 3.8) is 0 Å². The van der Waals surface area contributed by atoms with Crippen molar-refractivity contribution in [3.05, 3.63) is 101 Å². The molecule has 45 heavy (non-hydrogen) atoms. The number of rotatable bonds is 14. The fourth-order valence-electron chi connectivity index (χ4n) is 4.25. The van der Waals surface area contributed by atoms with E-state index in [-0.39, 0.29) is 13.0 Å². The van der Waals surface area contributed by atoms with E-state index >= 15 is 4.39 Å². The van der Waals surface area contributed by atoms with Crippen LogP contribution in [-0.2, 0) is 36.4 Å². The first kappa shape index (κ1) is 34.7. The summed E-state index contributed by atoms with van der Waals surface area (Å²) in [6, 6.07) is 19.7. The molecule has 8 N–H and O–H groups in total. The molecule has 0 aliphatic rings. The fraction of sp³-hybridized carbons (Fsp3) is 0.267. The van der Waals surface area contributed by atoms with Gasteiger partial charge in [0.05, 0.1) is 0 Å². The number of carbonyl (C=O) groups excluding carboxylic acids is 2. The van der Waals surface area contributed by atoms with E-state index in [0.29, 0.717) is 11.1 Å². The number of ether oxygens (including phenoxy) is 1. The molecule has 4 unspecified atom stereocenters. The minimum absolute atomic E-state index is 0.0188. The largest absolute Gasteiger partial charge is 0.479 e. The highest BCUT2D eigenvalue weighted by Gasteiger charge is 2.42. The van der Waals surface area contributed by atoms with Gasteiger partial charge in [0.15, 0.2) is 17.9 Å². The zero-order valence-corrected chi connectivity index (χ0v) is 25.4. The third-order valence-electron chi connectivity index (χ3n) is 6.40. The van der Waals surface area contributed by atoms with Crippen molar-refractivity contribution in [2.75, 3.05) is 0 Å². The highest BCUT2D eigenvalue weighted by atomic mass is 31.2. The Morgan fingerprint density at radius 1 is 0.933 bits per heavy atom. The third-order valence-corrected chi connectivity index (χ3v) is 8.34. The lowest BCUT2D eigenvalue weighted by Crippen LogP contribution is -2.52. The molecule has 240 valence electrons. The van der Waals surface area contributed by atoms with Crippen LogP contribution < -0.4 is 22.1 Å². The normalized spacial score (nSPS) is 14.3. The quantitative estimate of drug-likeness (QED) is 0.0851. The van der Waals surface area contributed by atoms with Gasteiger partial charge in [0.2, 0.25) is 5.91 Å². The van der Waals surface area contributed by atoms with E-state index in [1.807, 2.05) is 0 Å². The first-order valence-electron chi connectivity index (χ1n) is 13.7. The Bertz CT molecular complexity index is 1550. The van der Waals surface area contributed by atoms with Gasteiger partial charge in [-0.3, -0.25) is 13.9 Å². The van der Waals surface area contributed by atoms with E-state index in [1.54, 1.807) is 60.7 Å². The Balaban J connectivity index is 1.84.